The van der Waals surface area contributed by atoms with Crippen LogP contribution in [-0.2, 0) is 24.1 Å². The lowest BCUT2D eigenvalue weighted by molar-refractivity contribution is -0.157. The summed E-state index contributed by atoms with van der Waals surface area (Å²) in [7, 11) is -2.04. The van der Waals surface area contributed by atoms with Crippen LogP contribution in [0.25, 0.3) is 0 Å². The first-order chi connectivity index (χ1) is 12.8. The lowest BCUT2D eigenvalue weighted by Crippen LogP contribution is -2.45. The predicted molar refractivity (Wildman–Crippen MR) is 95.3 cm³/mol. The smallest absolute Gasteiger partial charge is 0.311 e. The van der Waals surface area contributed by atoms with E-state index in [9.17, 15) is 23.1 Å². The van der Waals surface area contributed by atoms with E-state index in [1.54, 1.807) is 0 Å². The Morgan fingerprint density at radius 2 is 2.04 bits per heavy atom. The molecule has 1 aromatic rings. The minimum absolute atomic E-state index is 0.0948. The number of hydrogen-bond acceptors (Lipinski definition) is 6. The lowest BCUT2D eigenvalue weighted by atomic mass is 9.74. The molecule has 2 fully saturated rings. The standard InChI is InChI=1S/C18H23NO7S/c1-25-8-9-27(23,24)15-4-2-13(3-5-15)16(20)19-10-14-11-26-7-6-18(14,12-19)17(21)22/h2-5,14H,6-12H2,1H3,(H,21,22)/t14-,18+/m0/s1. The molecular weight excluding hydrogens is 374 g/mol. The van der Waals surface area contributed by atoms with Crippen molar-refractivity contribution in [2.45, 2.75) is 11.3 Å². The maximum atomic E-state index is 12.8. The van der Waals surface area contributed by atoms with Gasteiger partial charge in [0.15, 0.2) is 9.84 Å². The van der Waals surface area contributed by atoms with Crippen molar-refractivity contribution in [3.63, 3.8) is 0 Å². The number of hydrogen-bond donors (Lipinski definition) is 1. The Bertz CT molecular complexity index is 821. The SMILES string of the molecule is COCCS(=O)(=O)c1ccc(C(=O)N2C[C@H]3COCC[C@@]3(C(=O)O)C2)cc1. The fourth-order valence-corrected chi connectivity index (χ4v) is 4.93. The summed E-state index contributed by atoms with van der Waals surface area (Å²) in [6.07, 6.45) is 0.382. The second-order valence-electron chi connectivity index (χ2n) is 7.00. The molecule has 3 rings (SSSR count). The van der Waals surface area contributed by atoms with Gasteiger partial charge in [-0.15, -0.1) is 0 Å². The van der Waals surface area contributed by atoms with E-state index in [0.717, 1.165) is 0 Å². The number of carbonyl (C=O) groups is 2. The first kappa shape index (κ1) is 19.8. The van der Waals surface area contributed by atoms with Gasteiger partial charge in [0.2, 0.25) is 0 Å². The molecule has 8 nitrogen and oxygen atoms in total. The van der Waals surface area contributed by atoms with Gasteiger partial charge in [-0.3, -0.25) is 9.59 Å². The highest BCUT2D eigenvalue weighted by atomic mass is 32.2. The van der Waals surface area contributed by atoms with Crippen LogP contribution in [-0.4, -0.2) is 76.1 Å². The van der Waals surface area contributed by atoms with Gasteiger partial charge in [0.25, 0.3) is 5.91 Å². The molecule has 2 atom stereocenters. The normalized spacial score (nSPS) is 25.2. The summed E-state index contributed by atoms with van der Waals surface area (Å²) < 4.78 is 34.5. The highest BCUT2D eigenvalue weighted by Gasteiger charge is 2.54. The van der Waals surface area contributed by atoms with E-state index in [2.05, 4.69) is 0 Å². The molecule has 2 aliphatic rings. The molecule has 0 unspecified atom stereocenters. The largest absolute Gasteiger partial charge is 0.481 e. The summed E-state index contributed by atoms with van der Waals surface area (Å²) >= 11 is 0. The molecule has 0 spiro atoms. The predicted octanol–water partition coefficient (Wildman–Crippen LogP) is 0.670. The number of ether oxygens (including phenoxy) is 2. The molecule has 2 saturated heterocycles. The van der Waals surface area contributed by atoms with Crippen LogP contribution in [0.3, 0.4) is 0 Å². The highest BCUT2D eigenvalue weighted by Crippen LogP contribution is 2.42. The Balaban J connectivity index is 1.76. The van der Waals surface area contributed by atoms with E-state index in [-0.39, 0.29) is 35.6 Å². The van der Waals surface area contributed by atoms with E-state index in [0.29, 0.717) is 31.7 Å². The van der Waals surface area contributed by atoms with Gasteiger partial charge in [-0.05, 0) is 30.7 Å². The Morgan fingerprint density at radius 3 is 2.63 bits per heavy atom. The number of aliphatic carboxylic acids is 1. The van der Waals surface area contributed by atoms with Gasteiger partial charge in [-0.2, -0.15) is 0 Å². The average molecular weight is 397 g/mol. The van der Waals surface area contributed by atoms with Gasteiger partial charge >= 0.3 is 5.97 Å². The monoisotopic (exact) mass is 397 g/mol. The Kier molecular flexibility index (Phi) is 5.55. The van der Waals surface area contributed by atoms with Crippen LogP contribution in [0.15, 0.2) is 29.2 Å². The zero-order chi connectivity index (χ0) is 19.7. The first-order valence-corrected chi connectivity index (χ1v) is 10.4. The molecule has 148 valence electrons. The zero-order valence-corrected chi connectivity index (χ0v) is 15.9. The maximum absolute atomic E-state index is 12.8. The number of fused-ring (bicyclic) bond motifs is 1. The minimum Gasteiger partial charge on any atom is -0.481 e. The van der Waals surface area contributed by atoms with Crippen LogP contribution in [0.1, 0.15) is 16.8 Å². The summed E-state index contributed by atoms with van der Waals surface area (Å²) in [5.74, 6) is -1.57. The summed E-state index contributed by atoms with van der Waals surface area (Å²) in [6.45, 7) is 1.26. The number of rotatable bonds is 6. The van der Waals surface area contributed by atoms with Crippen molar-refractivity contribution in [1.82, 2.24) is 4.90 Å². The molecule has 0 aliphatic carbocycles. The van der Waals surface area contributed by atoms with Gasteiger partial charge < -0.3 is 19.5 Å². The Morgan fingerprint density at radius 1 is 1.33 bits per heavy atom. The number of nitrogens with zero attached hydrogens (tertiary/aromatic N) is 1. The second kappa shape index (κ2) is 7.57. The lowest BCUT2D eigenvalue weighted by Gasteiger charge is -2.33. The van der Waals surface area contributed by atoms with E-state index in [1.807, 2.05) is 0 Å². The number of carboxylic acid groups (broad SMARTS) is 1. The average Bonchev–Trinajstić information content (AvgIpc) is 3.07. The molecule has 0 aromatic heterocycles. The Labute approximate surface area is 158 Å². The number of likely N-dealkylation sites (tertiary alicyclic amines) is 1. The molecule has 1 amide bonds. The van der Waals surface area contributed by atoms with Crippen LogP contribution in [0.4, 0.5) is 0 Å². The molecule has 1 N–H and O–H groups in total. The maximum Gasteiger partial charge on any atom is 0.311 e. The van der Waals surface area contributed by atoms with Gasteiger partial charge in [0, 0.05) is 38.3 Å². The van der Waals surface area contributed by atoms with Crippen LogP contribution in [0, 0.1) is 11.3 Å². The summed E-state index contributed by atoms with van der Waals surface area (Å²) in [5, 5.41) is 9.70. The van der Waals surface area contributed by atoms with E-state index in [4.69, 9.17) is 9.47 Å². The Hall–Kier alpha value is -1.97. The highest BCUT2D eigenvalue weighted by molar-refractivity contribution is 7.91. The zero-order valence-electron chi connectivity index (χ0n) is 15.1. The number of amides is 1. The van der Waals surface area contributed by atoms with Gasteiger partial charge in [-0.25, -0.2) is 8.42 Å². The number of carboxylic acids is 1. The number of benzene rings is 1. The molecule has 2 heterocycles. The number of sulfone groups is 1. The third kappa shape index (κ3) is 3.71. The van der Waals surface area contributed by atoms with Crippen molar-refractivity contribution in [2.24, 2.45) is 11.3 Å². The van der Waals surface area contributed by atoms with Crippen LogP contribution < -0.4 is 0 Å². The van der Waals surface area contributed by atoms with E-state index in [1.165, 1.54) is 36.3 Å². The first-order valence-electron chi connectivity index (χ1n) is 8.72. The molecule has 1 aromatic carbocycles. The third-order valence-electron chi connectivity index (χ3n) is 5.44. The van der Waals surface area contributed by atoms with Crippen LogP contribution >= 0.6 is 0 Å². The van der Waals surface area contributed by atoms with Crippen molar-refractivity contribution in [1.29, 1.82) is 0 Å². The fourth-order valence-electron chi connectivity index (χ4n) is 3.75. The van der Waals surface area contributed by atoms with Gasteiger partial charge in [-0.1, -0.05) is 0 Å². The minimum atomic E-state index is -3.47. The summed E-state index contributed by atoms with van der Waals surface area (Å²) in [6, 6.07) is 5.73. The summed E-state index contributed by atoms with van der Waals surface area (Å²) in [4.78, 5) is 26.3. The molecular formula is C18H23NO7S. The van der Waals surface area contributed by atoms with Crippen molar-refractivity contribution in [2.75, 3.05) is 45.8 Å². The van der Waals surface area contributed by atoms with E-state index < -0.39 is 21.2 Å². The number of methoxy groups -OCH3 is 1. The molecule has 0 saturated carbocycles. The van der Waals surface area contributed by atoms with Crippen molar-refractivity contribution < 1.29 is 32.6 Å². The fraction of sp³-hybridized carbons (Fsp3) is 0.556. The second-order valence-corrected chi connectivity index (χ2v) is 9.11. The molecule has 0 radical (unpaired) electrons. The topological polar surface area (TPSA) is 110 Å². The molecule has 2 aliphatic heterocycles. The molecule has 9 heteroatoms. The van der Waals surface area contributed by atoms with Crippen molar-refractivity contribution >= 4 is 21.7 Å². The van der Waals surface area contributed by atoms with Crippen molar-refractivity contribution in [3.8, 4) is 0 Å². The molecule has 0 bridgehead atoms. The number of carbonyl (C=O) groups excluding carboxylic acids is 1. The van der Waals surface area contributed by atoms with Gasteiger partial charge in [0.1, 0.15) is 0 Å². The summed E-state index contributed by atoms with van der Waals surface area (Å²) in [5.41, 5.74) is -0.627. The third-order valence-corrected chi connectivity index (χ3v) is 7.13. The van der Waals surface area contributed by atoms with Crippen LogP contribution in [0.5, 0.6) is 0 Å². The quantitative estimate of drug-likeness (QED) is 0.751. The molecule has 27 heavy (non-hydrogen) atoms. The van der Waals surface area contributed by atoms with Gasteiger partial charge in [0.05, 0.1) is 29.3 Å². The van der Waals surface area contributed by atoms with E-state index >= 15 is 0 Å². The van der Waals surface area contributed by atoms with Crippen LogP contribution in [0.2, 0.25) is 0 Å². The van der Waals surface area contributed by atoms with Crippen molar-refractivity contribution in [3.05, 3.63) is 29.8 Å².